The Morgan fingerprint density at radius 2 is 1.95 bits per heavy atom. The molecule has 0 atom stereocenters. The summed E-state index contributed by atoms with van der Waals surface area (Å²) in [5, 5.41) is 11.3. The lowest BCUT2D eigenvalue weighted by molar-refractivity contribution is -0.386. The molecular weight excluding hydrogens is 268 g/mol. The Bertz CT molecular complexity index is 695. The monoisotopic (exact) mass is 278 g/mol. The third-order valence-electron chi connectivity index (χ3n) is 2.86. The SMILES string of the molecule is Cc1ccc([N+](=O)[O-])c(=O)n1Cc1ccccc1Cl. The van der Waals surface area contributed by atoms with Gasteiger partial charge in [0.05, 0.1) is 11.5 Å². The van der Waals surface area contributed by atoms with E-state index < -0.39 is 16.2 Å². The molecule has 0 aliphatic heterocycles. The predicted octanol–water partition coefficient (Wildman–Crippen LogP) is 2.77. The molecule has 0 fully saturated rings. The molecular formula is C13H11ClN2O3. The first-order valence-electron chi connectivity index (χ1n) is 5.59. The van der Waals surface area contributed by atoms with Gasteiger partial charge in [-0.15, -0.1) is 0 Å². The zero-order chi connectivity index (χ0) is 14.0. The maximum absolute atomic E-state index is 12.0. The molecule has 0 aliphatic rings. The summed E-state index contributed by atoms with van der Waals surface area (Å²) >= 11 is 6.03. The van der Waals surface area contributed by atoms with Gasteiger partial charge in [-0.25, -0.2) is 0 Å². The molecule has 0 amide bonds. The average Bonchev–Trinajstić information content (AvgIpc) is 2.36. The number of halogens is 1. The van der Waals surface area contributed by atoms with E-state index >= 15 is 0 Å². The standard InChI is InChI=1S/C13H11ClN2O3/c1-9-6-7-12(16(18)19)13(17)15(9)8-10-4-2-3-5-11(10)14/h2-7H,8H2,1H3. The van der Waals surface area contributed by atoms with Crippen LogP contribution in [-0.4, -0.2) is 9.49 Å². The van der Waals surface area contributed by atoms with Gasteiger partial charge in [-0.05, 0) is 24.6 Å². The summed E-state index contributed by atoms with van der Waals surface area (Å²) in [4.78, 5) is 22.1. The number of nitrogens with zero attached hydrogens (tertiary/aromatic N) is 2. The van der Waals surface area contributed by atoms with Crippen LogP contribution in [0, 0.1) is 17.0 Å². The fourth-order valence-electron chi connectivity index (χ4n) is 1.79. The molecule has 1 aromatic heterocycles. The van der Waals surface area contributed by atoms with Crippen LogP contribution in [0.3, 0.4) is 0 Å². The number of hydrogen-bond acceptors (Lipinski definition) is 3. The quantitative estimate of drug-likeness (QED) is 0.640. The van der Waals surface area contributed by atoms with Crippen molar-refractivity contribution in [2.75, 3.05) is 0 Å². The first kappa shape index (κ1) is 13.3. The smallest absolute Gasteiger partial charge is 0.303 e. The highest BCUT2D eigenvalue weighted by atomic mass is 35.5. The summed E-state index contributed by atoms with van der Waals surface area (Å²) in [6, 6.07) is 9.87. The summed E-state index contributed by atoms with van der Waals surface area (Å²) in [6.07, 6.45) is 0. The molecule has 0 radical (unpaired) electrons. The molecule has 19 heavy (non-hydrogen) atoms. The second-order valence-electron chi connectivity index (χ2n) is 4.10. The van der Waals surface area contributed by atoms with Crippen molar-refractivity contribution in [1.82, 2.24) is 4.57 Å². The maximum atomic E-state index is 12.0. The average molecular weight is 279 g/mol. The summed E-state index contributed by atoms with van der Waals surface area (Å²) in [5.41, 5.74) is 0.341. The molecule has 5 nitrogen and oxygen atoms in total. The minimum Gasteiger partial charge on any atom is -0.303 e. The Hall–Kier alpha value is -2.14. The molecule has 0 aliphatic carbocycles. The van der Waals surface area contributed by atoms with Crippen LogP contribution in [-0.2, 0) is 6.54 Å². The van der Waals surface area contributed by atoms with Gasteiger partial charge in [0, 0.05) is 16.8 Å². The minimum atomic E-state index is -0.676. The molecule has 1 heterocycles. The van der Waals surface area contributed by atoms with Crippen molar-refractivity contribution in [3.63, 3.8) is 0 Å². The van der Waals surface area contributed by atoms with Crippen LogP contribution in [0.1, 0.15) is 11.3 Å². The summed E-state index contributed by atoms with van der Waals surface area (Å²) < 4.78 is 1.35. The van der Waals surface area contributed by atoms with Gasteiger partial charge in [-0.2, -0.15) is 0 Å². The van der Waals surface area contributed by atoms with Crippen LogP contribution in [0.25, 0.3) is 0 Å². The summed E-state index contributed by atoms with van der Waals surface area (Å²) in [6.45, 7) is 1.94. The molecule has 0 saturated carbocycles. The van der Waals surface area contributed by atoms with Gasteiger partial charge < -0.3 is 4.57 Å². The molecule has 0 saturated heterocycles. The molecule has 0 spiro atoms. The van der Waals surface area contributed by atoms with Crippen LogP contribution in [0.15, 0.2) is 41.2 Å². The van der Waals surface area contributed by atoms with E-state index in [1.54, 1.807) is 37.3 Å². The zero-order valence-electron chi connectivity index (χ0n) is 10.2. The lowest BCUT2D eigenvalue weighted by atomic mass is 10.2. The zero-order valence-corrected chi connectivity index (χ0v) is 10.9. The Kier molecular flexibility index (Phi) is 3.66. The van der Waals surface area contributed by atoms with E-state index in [-0.39, 0.29) is 6.54 Å². The first-order chi connectivity index (χ1) is 9.00. The van der Waals surface area contributed by atoms with Gasteiger partial charge in [0.1, 0.15) is 0 Å². The molecule has 0 unspecified atom stereocenters. The molecule has 0 bridgehead atoms. The predicted molar refractivity (Wildman–Crippen MR) is 72.6 cm³/mol. The summed E-state index contributed by atoms with van der Waals surface area (Å²) in [7, 11) is 0. The highest BCUT2D eigenvalue weighted by Crippen LogP contribution is 2.17. The highest BCUT2D eigenvalue weighted by Gasteiger charge is 2.16. The number of benzene rings is 1. The number of nitro groups is 1. The largest absolute Gasteiger partial charge is 0.334 e. The Morgan fingerprint density at radius 3 is 2.58 bits per heavy atom. The van der Waals surface area contributed by atoms with Crippen LogP contribution in [0.4, 0.5) is 5.69 Å². The van der Waals surface area contributed by atoms with Crippen LogP contribution in [0.2, 0.25) is 5.02 Å². The lowest BCUT2D eigenvalue weighted by Crippen LogP contribution is -2.24. The normalized spacial score (nSPS) is 10.4. The number of aryl methyl sites for hydroxylation is 1. The second-order valence-corrected chi connectivity index (χ2v) is 4.51. The number of hydrogen-bond donors (Lipinski definition) is 0. The third-order valence-corrected chi connectivity index (χ3v) is 3.22. The van der Waals surface area contributed by atoms with Gasteiger partial charge in [0.2, 0.25) is 0 Å². The molecule has 98 valence electrons. The first-order valence-corrected chi connectivity index (χ1v) is 5.96. The molecule has 2 aromatic rings. The fraction of sp³-hybridized carbons (Fsp3) is 0.154. The molecule has 0 N–H and O–H groups in total. The van der Waals surface area contributed by atoms with E-state index in [0.717, 1.165) is 5.56 Å². The van der Waals surface area contributed by atoms with Crippen molar-refractivity contribution in [3.05, 3.63) is 73.1 Å². The van der Waals surface area contributed by atoms with E-state index in [0.29, 0.717) is 10.7 Å². The van der Waals surface area contributed by atoms with Crippen LogP contribution >= 0.6 is 11.6 Å². The Balaban J connectivity index is 2.52. The van der Waals surface area contributed by atoms with Gasteiger partial charge in [-0.1, -0.05) is 29.8 Å². The van der Waals surface area contributed by atoms with Gasteiger partial charge in [0.25, 0.3) is 0 Å². The topological polar surface area (TPSA) is 65.1 Å². The van der Waals surface area contributed by atoms with Crippen molar-refractivity contribution in [2.24, 2.45) is 0 Å². The van der Waals surface area contributed by atoms with E-state index in [1.807, 2.05) is 0 Å². The molecule has 2 rings (SSSR count). The number of rotatable bonds is 3. The minimum absolute atomic E-state index is 0.214. The molecule has 1 aromatic carbocycles. The van der Waals surface area contributed by atoms with E-state index in [1.165, 1.54) is 10.6 Å². The third kappa shape index (κ3) is 2.66. The second kappa shape index (κ2) is 5.24. The van der Waals surface area contributed by atoms with Crippen molar-refractivity contribution in [1.29, 1.82) is 0 Å². The molecule has 6 heteroatoms. The van der Waals surface area contributed by atoms with Crippen molar-refractivity contribution >= 4 is 17.3 Å². The van der Waals surface area contributed by atoms with Crippen LogP contribution < -0.4 is 5.56 Å². The van der Waals surface area contributed by atoms with Crippen molar-refractivity contribution in [2.45, 2.75) is 13.5 Å². The maximum Gasteiger partial charge on any atom is 0.334 e. The van der Waals surface area contributed by atoms with E-state index in [2.05, 4.69) is 0 Å². The Morgan fingerprint density at radius 1 is 1.26 bits per heavy atom. The van der Waals surface area contributed by atoms with Crippen molar-refractivity contribution in [3.8, 4) is 0 Å². The van der Waals surface area contributed by atoms with Gasteiger partial charge in [0.15, 0.2) is 0 Å². The summed E-state index contributed by atoms with van der Waals surface area (Å²) in [5.74, 6) is 0. The van der Waals surface area contributed by atoms with Gasteiger partial charge >= 0.3 is 11.2 Å². The fourth-order valence-corrected chi connectivity index (χ4v) is 1.99. The van der Waals surface area contributed by atoms with E-state index in [4.69, 9.17) is 11.6 Å². The van der Waals surface area contributed by atoms with E-state index in [9.17, 15) is 14.9 Å². The lowest BCUT2D eigenvalue weighted by Gasteiger charge is -2.10. The van der Waals surface area contributed by atoms with Crippen LogP contribution in [0.5, 0.6) is 0 Å². The van der Waals surface area contributed by atoms with Crippen molar-refractivity contribution < 1.29 is 4.92 Å². The number of aromatic nitrogens is 1. The highest BCUT2D eigenvalue weighted by molar-refractivity contribution is 6.31. The number of pyridine rings is 1. The Labute approximate surface area is 114 Å². The van der Waals surface area contributed by atoms with Gasteiger partial charge in [-0.3, -0.25) is 14.9 Å².